The van der Waals surface area contributed by atoms with Crippen LogP contribution in [0.2, 0.25) is 0 Å². The highest BCUT2D eigenvalue weighted by Gasteiger charge is 2.18. The predicted octanol–water partition coefficient (Wildman–Crippen LogP) is 3.60. The monoisotopic (exact) mass is 402 g/mol. The Labute approximate surface area is 168 Å². The van der Waals surface area contributed by atoms with E-state index >= 15 is 0 Å². The zero-order valence-corrected chi connectivity index (χ0v) is 17.8. The Hall–Kier alpha value is -2.34. The standard InChI is InChI=1S/C22H30N2O3S/c1-18-12-14-20(15-13-18)9-6-16-23-22(25)11-7-17-24(28(3,26)27)21-10-5-4-8-19(21)2/h4-5,8,10,12-15H,6-7,9,11,16-17H2,1-3H3,(H,23,25). The number of rotatable bonds is 10. The van der Waals surface area contributed by atoms with E-state index in [0.717, 1.165) is 18.4 Å². The molecule has 0 radical (unpaired) electrons. The van der Waals surface area contributed by atoms with E-state index in [1.807, 2.05) is 25.1 Å². The second-order valence-corrected chi connectivity index (χ2v) is 9.07. The first-order valence-corrected chi connectivity index (χ1v) is 11.5. The summed E-state index contributed by atoms with van der Waals surface area (Å²) >= 11 is 0. The van der Waals surface area contributed by atoms with E-state index in [9.17, 15) is 13.2 Å². The summed E-state index contributed by atoms with van der Waals surface area (Å²) in [5.74, 6) is -0.0397. The third kappa shape index (κ3) is 7.00. The number of nitrogens with one attached hydrogen (secondary N) is 1. The molecule has 28 heavy (non-hydrogen) atoms. The van der Waals surface area contributed by atoms with Crippen LogP contribution >= 0.6 is 0 Å². The maximum absolute atomic E-state index is 12.2. The van der Waals surface area contributed by atoms with Crippen LogP contribution in [0.3, 0.4) is 0 Å². The Morgan fingerprint density at radius 1 is 1.00 bits per heavy atom. The molecule has 2 rings (SSSR count). The Kier molecular flexibility index (Phi) is 8.05. The van der Waals surface area contributed by atoms with Crippen molar-refractivity contribution < 1.29 is 13.2 Å². The maximum Gasteiger partial charge on any atom is 0.232 e. The second kappa shape index (κ2) is 10.3. The van der Waals surface area contributed by atoms with E-state index in [4.69, 9.17) is 0 Å². The summed E-state index contributed by atoms with van der Waals surface area (Å²) in [4.78, 5) is 12.1. The van der Waals surface area contributed by atoms with Crippen molar-refractivity contribution in [3.63, 3.8) is 0 Å². The van der Waals surface area contributed by atoms with Crippen molar-refractivity contribution in [1.29, 1.82) is 0 Å². The Morgan fingerprint density at radius 3 is 2.32 bits per heavy atom. The molecule has 152 valence electrons. The van der Waals surface area contributed by atoms with Gasteiger partial charge in [0.1, 0.15) is 0 Å². The molecule has 0 saturated carbocycles. The summed E-state index contributed by atoms with van der Waals surface area (Å²) in [5.41, 5.74) is 4.07. The average Bonchev–Trinajstić information content (AvgIpc) is 2.64. The summed E-state index contributed by atoms with van der Waals surface area (Å²) in [6.07, 6.45) is 3.79. The predicted molar refractivity (Wildman–Crippen MR) is 115 cm³/mol. The zero-order valence-electron chi connectivity index (χ0n) is 16.9. The van der Waals surface area contributed by atoms with Crippen molar-refractivity contribution in [2.45, 2.75) is 39.5 Å². The molecule has 2 aromatic carbocycles. The van der Waals surface area contributed by atoms with Gasteiger partial charge in [0.15, 0.2) is 0 Å². The summed E-state index contributed by atoms with van der Waals surface area (Å²) < 4.78 is 25.7. The minimum absolute atomic E-state index is 0.0397. The van der Waals surface area contributed by atoms with Gasteiger partial charge in [0.25, 0.3) is 0 Å². The second-order valence-electron chi connectivity index (χ2n) is 7.16. The summed E-state index contributed by atoms with van der Waals surface area (Å²) in [6.45, 7) is 4.86. The number of carbonyl (C=O) groups is 1. The molecule has 0 saturated heterocycles. The van der Waals surface area contributed by atoms with E-state index in [2.05, 4.69) is 36.5 Å². The average molecular weight is 403 g/mol. The lowest BCUT2D eigenvalue weighted by molar-refractivity contribution is -0.121. The molecule has 0 aliphatic heterocycles. The fourth-order valence-corrected chi connectivity index (χ4v) is 4.08. The fourth-order valence-electron chi connectivity index (χ4n) is 3.05. The van der Waals surface area contributed by atoms with Crippen molar-refractivity contribution in [1.82, 2.24) is 5.32 Å². The topological polar surface area (TPSA) is 66.5 Å². The minimum Gasteiger partial charge on any atom is -0.356 e. The maximum atomic E-state index is 12.2. The van der Waals surface area contributed by atoms with Crippen LogP contribution in [0.15, 0.2) is 48.5 Å². The first-order chi connectivity index (χ1) is 13.3. The van der Waals surface area contributed by atoms with E-state index in [1.165, 1.54) is 21.7 Å². The van der Waals surface area contributed by atoms with Crippen LogP contribution < -0.4 is 9.62 Å². The van der Waals surface area contributed by atoms with Gasteiger partial charge in [0, 0.05) is 19.5 Å². The molecule has 1 amide bonds. The molecule has 0 fully saturated rings. The third-order valence-electron chi connectivity index (χ3n) is 4.63. The lowest BCUT2D eigenvalue weighted by Gasteiger charge is -2.24. The highest BCUT2D eigenvalue weighted by Crippen LogP contribution is 2.22. The minimum atomic E-state index is -3.39. The van der Waals surface area contributed by atoms with Crippen LogP contribution in [-0.2, 0) is 21.2 Å². The van der Waals surface area contributed by atoms with Gasteiger partial charge in [-0.15, -0.1) is 0 Å². The van der Waals surface area contributed by atoms with Crippen LogP contribution in [0.5, 0.6) is 0 Å². The molecule has 6 heteroatoms. The number of amides is 1. The smallest absolute Gasteiger partial charge is 0.232 e. The molecule has 0 aromatic heterocycles. The summed E-state index contributed by atoms with van der Waals surface area (Å²) in [6, 6.07) is 15.8. The number of carbonyl (C=O) groups excluding carboxylic acids is 1. The molecule has 0 aliphatic rings. The van der Waals surface area contributed by atoms with Crippen LogP contribution in [0, 0.1) is 13.8 Å². The van der Waals surface area contributed by atoms with Crippen molar-refractivity contribution in [3.05, 3.63) is 65.2 Å². The largest absolute Gasteiger partial charge is 0.356 e. The normalized spacial score (nSPS) is 11.2. The fraction of sp³-hybridized carbons (Fsp3) is 0.409. The number of anilines is 1. The Bertz CT molecular complexity index is 877. The SMILES string of the molecule is Cc1ccc(CCCNC(=O)CCCN(c2ccccc2C)S(C)(=O)=O)cc1. The van der Waals surface area contributed by atoms with E-state index < -0.39 is 10.0 Å². The van der Waals surface area contributed by atoms with Crippen LogP contribution in [0.1, 0.15) is 36.0 Å². The van der Waals surface area contributed by atoms with Gasteiger partial charge in [-0.1, -0.05) is 48.0 Å². The summed E-state index contributed by atoms with van der Waals surface area (Å²) in [7, 11) is -3.39. The van der Waals surface area contributed by atoms with Crippen molar-refractivity contribution >= 4 is 21.6 Å². The van der Waals surface area contributed by atoms with Gasteiger partial charge < -0.3 is 5.32 Å². The first-order valence-electron chi connectivity index (χ1n) is 9.63. The molecule has 0 aliphatic carbocycles. The number of nitrogens with zero attached hydrogens (tertiary/aromatic N) is 1. The number of hydrogen-bond acceptors (Lipinski definition) is 3. The molecule has 0 bridgehead atoms. The molecule has 0 unspecified atom stereocenters. The molecule has 0 spiro atoms. The van der Waals surface area contributed by atoms with Crippen molar-refractivity contribution in [2.24, 2.45) is 0 Å². The highest BCUT2D eigenvalue weighted by atomic mass is 32.2. The lowest BCUT2D eigenvalue weighted by Crippen LogP contribution is -2.32. The van der Waals surface area contributed by atoms with Crippen molar-refractivity contribution in [2.75, 3.05) is 23.7 Å². The molecule has 1 N–H and O–H groups in total. The Morgan fingerprint density at radius 2 is 1.68 bits per heavy atom. The lowest BCUT2D eigenvalue weighted by atomic mass is 10.1. The molecule has 5 nitrogen and oxygen atoms in total. The zero-order chi connectivity index (χ0) is 20.6. The van der Waals surface area contributed by atoms with Gasteiger partial charge in [0.05, 0.1) is 11.9 Å². The van der Waals surface area contributed by atoms with E-state index in [1.54, 1.807) is 6.07 Å². The number of sulfonamides is 1. The Balaban J connectivity index is 1.75. The van der Waals surface area contributed by atoms with E-state index in [0.29, 0.717) is 31.6 Å². The molecular weight excluding hydrogens is 372 g/mol. The van der Waals surface area contributed by atoms with Gasteiger partial charge >= 0.3 is 0 Å². The van der Waals surface area contributed by atoms with Crippen LogP contribution in [0.4, 0.5) is 5.69 Å². The van der Waals surface area contributed by atoms with E-state index in [-0.39, 0.29) is 5.91 Å². The van der Waals surface area contributed by atoms with Gasteiger partial charge in [0.2, 0.25) is 15.9 Å². The van der Waals surface area contributed by atoms with Gasteiger partial charge in [-0.05, 0) is 50.3 Å². The van der Waals surface area contributed by atoms with Crippen LogP contribution in [-0.4, -0.2) is 33.7 Å². The highest BCUT2D eigenvalue weighted by molar-refractivity contribution is 7.92. The van der Waals surface area contributed by atoms with Gasteiger partial charge in [-0.25, -0.2) is 8.42 Å². The van der Waals surface area contributed by atoms with Gasteiger partial charge in [-0.2, -0.15) is 0 Å². The number of aryl methyl sites for hydroxylation is 3. The molecule has 0 heterocycles. The van der Waals surface area contributed by atoms with Crippen molar-refractivity contribution in [3.8, 4) is 0 Å². The van der Waals surface area contributed by atoms with Crippen LogP contribution in [0.25, 0.3) is 0 Å². The molecule has 2 aromatic rings. The molecular formula is C22H30N2O3S. The van der Waals surface area contributed by atoms with Gasteiger partial charge in [-0.3, -0.25) is 9.10 Å². The summed E-state index contributed by atoms with van der Waals surface area (Å²) in [5, 5.41) is 2.92. The third-order valence-corrected chi connectivity index (χ3v) is 5.81. The quantitative estimate of drug-likeness (QED) is 0.618. The number of benzene rings is 2. The number of para-hydroxylation sites is 1. The number of hydrogen-bond donors (Lipinski definition) is 1. The first kappa shape index (κ1) is 22.0. The molecule has 0 atom stereocenters.